The number of benzene rings is 1. The van der Waals surface area contributed by atoms with Crippen molar-refractivity contribution in [2.24, 2.45) is 0 Å². The number of anilines is 1. The van der Waals surface area contributed by atoms with Gasteiger partial charge in [-0.1, -0.05) is 0 Å². The van der Waals surface area contributed by atoms with Gasteiger partial charge in [-0.3, -0.25) is 0 Å². The van der Waals surface area contributed by atoms with Crippen LogP contribution in [0, 0.1) is 12.7 Å². The maximum absolute atomic E-state index is 13.6. The molecule has 0 aliphatic carbocycles. The minimum absolute atomic E-state index is 0.208. The number of nitrogens with zero attached hydrogens (tertiary/aromatic N) is 1. The average Bonchev–Trinajstić information content (AvgIpc) is 2.70. The second-order valence-electron chi connectivity index (χ2n) is 3.53. The lowest BCUT2D eigenvalue weighted by atomic mass is 10.1. The number of rotatable bonds is 3. The Morgan fingerprint density at radius 1 is 1.41 bits per heavy atom. The number of methoxy groups -OCH3 is 1. The van der Waals surface area contributed by atoms with Gasteiger partial charge in [-0.15, -0.1) is 0 Å². The van der Waals surface area contributed by atoms with Crippen molar-refractivity contribution in [3.63, 3.8) is 0 Å². The highest BCUT2D eigenvalue weighted by Crippen LogP contribution is 2.29. The lowest BCUT2D eigenvalue weighted by molar-refractivity contribution is 0.386. The van der Waals surface area contributed by atoms with Crippen LogP contribution in [0.2, 0.25) is 0 Å². The molecule has 5 heteroatoms. The molecule has 1 heterocycles. The van der Waals surface area contributed by atoms with E-state index in [4.69, 9.17) is 9.15 Å². The molecule has 2 aromatic rings. The zero-order valence-electron chi connectivity index (χ0n) is 9.87. The predicted octanol–water partition coefficient (Wildman–Crippen LogP) is 2.84. The molecule has 1 aromatic carbocycles. The predicted molar refractivity (Wildman–Crippen MR) is 62.7 cm³/mol. The quantitative estimate of drug-likeness (QED) is 0.890. The van der Waals surface area contributed by atoms with Crippen LogP contribution in [0.1, 0.15) is 5.69 Å². The van der Waals surface area contributed by atoms with Gasteiger partial charge in [0.05, 0.1) is 12.8 Å². The van der Waals surface area contributed by atoms with Gasteiger partial charge in [0.1, 0.15) is 0 Å². The standard InChI is InChI=1S/C12H13FN2O2/c1-7-11(17-12(14-2)15-7)8-4-5-10(16-3)9(13)6-8/h4-6H,1-3H3,(H,14,15). The van der Waals surface area contributed by atoms with Crippen LogP contribution >= 0.6 is 0 Å². The summed E-state index contributed by atoms with van der Waals surface area (Å²) in [7, 11) is 3.14. The van der Waals surface area contributed by atoms with Gasteiger partial charge in [-0.2, -0.15) is 4.98 Å². The first-order chi connectivity index (χ1) is 8.15. The van der Waals surface area contributed by atoms with Crippen molar-refractivity contribution >= 4 is 6.01 Å². The number of oxazole rings is 1. The number of aromatic nitrogens is 1. The summed E-state index contributed by atoms with van der Waals surface area (Å²) in [5.41, 5.74) is 1.34. The molecule has 90 valence electrons. The van der Waals surface area contributed by atoms with Crippen molar-refractivity contribution in [2.45, 2.75) is 6.92 Å². The minimum atomic E-state index is -0.424. The number of halogens is 1. The monoisotopic (exact) mass is 236 g/mol. The molecule has 0 aliphatic rings. The third kappa shape index (κ3) is 2.08. The summed E-state index contributed by atoms with van der Waals surface area (Å²) in [6, 6.07) is 5.07. The SMILES string of the molecule is CNc1nc(C)c(-c2ccc(OC)c(F)c2)o1. The number of aryl methyl sites for hydroxylation is 1. The first kappa shape index (κ1) is 11.4. The summed E-state index contributed by atoms with van der Waals surface area (Å²) in [5.74, 6) is 0.336. The Morgan fingerprint density at radius 2 is 2.18 bits per heavy atom. The van der Waals surface area contributed by atoms with Crippen LogP contribution in [0.3, 0.4) is 0 Å². The van der Waals surface area contributed by atoms with Crippen LogP contribution in [0.25, 0.3) is 11.3 Å². The van der Waals surface area contributed by atoms with Gasteiger partial charge in [0.15, 0.2) is 17.3 Å². The van der Waals surface area contributed by atoms with Crippen LogP contribution in [0.15, 0.2) is 22.6 Å². The third-order valence-electron chi connectivity index (χ3n) is 2.42. The van der Waals surface area contributed by atoms with Gasteiger partial charge >= 0.3 is 0 Å². The fraction of sp³-hybridized carbons (Fsp3) is 0.250. The lowest BCUT2D eigenvalue weighted by Crippen LogP contribution is -1.88. The van der Waals surface area contributed by atoms with Crippen LogP contribution in [-0.4, -0.2) is 19.1 Å². The second-order valence-corrected chi connectivity index (χ2v) is 3.53. The molecule has 0 amide bonds. The second kappa shape index (κ2) is 4.45. The maximum Gasteiger partial charge on any atom is 0.295 e. The molecular formula is C12H13FN2O2. The molecule has 4 nitrogen and oxygen atoms in total. The Labute approximate surface area is 98.4 Å². The van der Waals surface area contributed by atoms with E-state index >= 15 is 0 Å². The summed E-state index contributed by atoms with van der Waals surface area (Å²) < 4.78 is 23.9. The molecule has 0 saturated heterocycles. The van der Waals surface area contributed by atoms with E-state index in [1.165, 1.54) is 13.2 Å². The highest BCUT2D eigenvalue weighted by Gasteiger charge is 2.13. The zero-order valence-corrected chi connectivity index (χ0v) is 9.87. The van der Waals surface area contributed by atoms with Gasteiger partial charge in [0, 0.05) is 12.6 Å². The number of ether oxygens (including phenoxy) is 1. The van der Waals surface area contributed by atoms with Crippen LogP contribution in [-0.2, 0) is 0 Å². The van der Waals surface area contributed by atoms with E-state index in [1.807, 2.05) is 6.92 Å². The summed E-state index contributed by atoms with van der Waals surface area (Å²) in [6.07, 6.45) is 0. The molecule has 0 aliphatic heterocycles. The van der Waals surface area contributed by atoms with Gasteiger partial charge in [-0.05, 0) is 25.1 Å². The fourth-order valence-corrected chi connectivity index (χ4v) is 1.58. The Kier molecular flexibility index (Phi) is 2.99. The van der Waals surface area contributed by atoms with Crippen molar-refractivity contribution in [1.82, 2.24) is 4.98 Å². The lowest BCUT2D eigenvalue weighted by Gasteiger charge is -2.03. The molecule has 0 radical (unpaired) electrons. The van der Waals surface area contributed by atoms with E-state index in [2.05, 4.69) is 10.3 Å². The molecule has 0 atom stereocenters. The first-order valence-electron chi connectivity index (χ1n) is 5.14. The Hall–Kier alpha value is -2.04. The van der Waals surface area contributed by atoms with Crippen molar-refractivity contribution in [3.8, 4) is 17.1 Å². The summed E-state index contributed by atoms with van der Waals surface area (Å²) in [5, 5.41) is 2.80. The highest BCUT2D eigenvalue weighted by molar-refractivity contribution is 5.62. The van der Waals surface area contributed by atoms with Crippen molar-refractivity contribution in [2.75, 3.05) is 19.5 Å². The van der Waals surface area contributed by atoms with E-state index < -0.39 is 5.82 Å². The summed E-state index contributed by atoms with van der Waals surface area (Å²) >= 11 is 0. The van der Waals surface area contributed by atoms with E-state index in [9.17, 15) is 4.39 Å². The summed E-state index contributed by atoms with van der Waals surface area (Å²) in [6.45, 7) is 1.81. The minimum Gasteiger partial charge on any atom is -0.494 e. The van der Waals surface area contributed by atoms with Crippen molar-refractivity contribution in [3.05, 3.63) is 29.7 Å². The summed E-state index contributed by atoms with van der Waals surface area (Å²) in [4.78, 5) is 4.15. The van der Waals surface area contributed by atoms with Gasteiger partial charge < -0.3 is 14.5 Å². The smallest absolute Gasteiger partial charge is 0.295 e. The molecule has 0 unspecified atom stereocenters. The fourth-order valence-electron chi connectivity index (χ4n) is 1.58. The Bertz CT molecular complexity index is 537. The number of nitrogens with one attached hydrogen (secondary N) is 1. The van der Waals surface area contributed by atoms with Crippen molar-refractivity contribution < 1.29 is 13.5 Å². The van der Waals surface area contributed by atoms with Crippen LogP contribution < -0.4 is 10.1 Å². The van der Waals surface area contributed by atoms with Gasteiger partial charge in [0.25, 0.3) is 6.01 Å². The van der Waals surface area contributed by atoms with E-state index in [1.54, 1.807) is 19.2 Å². The Morgan fingerprint density at radius 3 is 2.71 bits per heavy atom. The molecule has 17 heavy (non-hydrogen) atoms. The highest BCUT2D eigenvalue weighted by atomic mass is 19.1. The molecule has 0 spiro atoms. The maximum atomic E-state index is 13.6. The molecular weight excluding hydrogens is 223 g/mol. The van der Waals surface area contributed by atoms with Gasteiger partial charge in [-0.25, -0.2) is 4.39 Å². The van der Waals surface area contributed by atoms with Crippen LogP contribution in [0.5, 0.6) is 5.75 Å². The first-order valence-corrected chi connectivity index (χ1v) is 5.14. The largest absolute Gasteiger partial charge is 0.494 e. The zero-order chi connectivity index (χ0) is 12.4. The molecule has 2 rings (SSSR count). The average molecular weight is 236 g/mol. The van der Waals surface area contributed by atoms with E-state index in [0.29, 0.717) is 23.0 Å². The topological polar surface area (TPSA) is 47.3 Å². The van der Waals surface area contributed by atoms with Gasteiger partial charge in [0.2, 0.25) is 0 Å². The molecule has 1 aromatic heterocycles. The molecule has 0 bridgehead atoms. The van der Waals surface area contributed by atoms with Crippen molar-refractivity contribution in [1.29, 1.82) is 0 Å². The number of hydrogen-bond donors (Lipinski definition) is 1. The third-order valence-corrected chi connectivity index (χ3v) is 2.42. The molecule has 0 fully saturated rings. The molecule has 0 saturated carbocycles. The number of hydrogen-bond acceptors (Lipinski definition) is 4. The van der Waals surface area contributed by atoms with E-state index in [-0.39, 0.29) is 5.75 Å². The Balaban J connectivity index is 2.45. The normalized spacial score (nSPS) is 10.4. The van der Waals surface area contributed by atoms with E-state index in [0.717, 1.165) is 0 Å². The molecule has 1 N–H and O–H groups in total. The van der Waals surface area contributed by atoms with Crippen LogP contribution in [0.4, 0.5) is 10.4 Å².